The Bertz CT molecular complexity index is 852. The van der Waals surface area contributed by atoms with Crippen molar-refractivity contribution in [2.45, 2.75) is 52.7 Å². The molecule has 180 valence electrons. The van der Waals surface area contributed by atoms with Crippen LogP contribution < -0.4 is 0 Å². The Hall–Kier alpha value is -2.63. The maximum absolute atomic E-state index is 12.8. The molecule has 1 aliphatic rings. The average molecular weight is 452 g/mol. The molecule has 5 nitrogen and oxygen atoms in total. The molecule has 0 bridgehead atoms. The summed E-state index contributed by atoms with van der Waals surface area (Å²) in [4.78, 5) is 19.7. The van der Waals surface area contributed by atoms with Gasteiger partial charge in [-0.3, -0.25) is 14.6 Å². The Morgan fingerprint density at radius 1 is 1.15 bits per heavy atom. The highest BCUT2D eigenvalue weighted by Crippen LogP contribution is 2.34. The second-order valence-corrected chi connectivity index (χ2v) is 8.63. The number of aliphatic hydroxyl groups excluding tert-OH is 1. The number of allylic oxidation sites excluding steroid dienone is 3. The van der Waals surface area contributed by atoms with Crippen molar-refractivity contribution in [2.24, 2.45) is 0 Å². The monoisotopic (exact) mass is 451 g/mol. The van der Waals surface area contributed by atoms with Crippen LogP contribution >= 0.6 is 0 Å². The lowest BCUT2D eigenvalue weighted by Gasteiger charge is -2.47. The van der Waals surface area contributed by atoms with Gasteiger partial charge < -0.3 is 10.0 Å². The lowest BCUT2D eigenvalue weighted by atomic mass is 9.92. The van der Waals surface area contributed by atoms with Gasteiger partial charge in [0, 0.05) is 50.4 Å². The highest BCUT2D eigenvalue weighted by Gasteiger charge is 2.34. The predicted octanol–water partition coefficient (Wildman–Crippen LogP) is 5.36. The maximum atomic E-state index is 12.8. The zero-order chi connectivity index (χ0) is 24.4. The summed E-state index contributed by atoms with van der Waals surface area (Å²) in [6, 6.07) is 8.90. The van der Waals surface area contributed by atoms with Gasteiger partial charge in [-0.05, 0) is 64.0 Å². The molecule has 1 aromatic rings. The molecular formula is C28H41N3O2. The van der Waals surface area contributed by atoms with E-state index in [2.05, 4.69) is 61.4 Å². The minimum Gasteiger partial charge on any atom is -0.516 e. The molecular weight excluding hydrogens is 410 g/mol. The van der Waals surface area contributed by atoms with Gasteiger partial charge in [-0.2, -0.15) is 0 Å². The average Bonchev–Trinajstić information content (AvgIpc) is 2.82. The van der Waals surface area contributed by atoms with Crippen LogP contribution in [0.3, 0.4) is 0 Å². The van der Waals surface area contributed by atoms with E-state index in [0.29, 0.717) is 25.2 Å². The molecule has 3 atom stereocenters. The first-order chi connectivity index (χ1) is 15.9. The third-order valence-corrected chi connectivity index (χ3v) is 6.52. The van der Waals surface area contributed by atoms with Crippen molar-refractivity contribution >= 4 is 5.91 Å². The molecule has 1 amide bonds. The smallest absolute Gasteiger partial charge is 0.253 e. The Morgan fingerprint density at radius 3 is 2.36 bits per heavy atom. The fourth-order valence-electron chi connectivity index (χ4n) is 4.64. The lowest BCUT2D eigenvalue weighted by Crippen LogP contribution is -2.57. The van der Waals surface area contributed by atoms with Crippen LogP contribution in [0.5, 0.6) is 0 Å². The molecule has 1 N–H and O–H groups in total. The number of piperazine rings is 1. The summed E-state index contributed by atoms with van der Waals surface area (Å²) in [5.74, 6) is 0.0716. The molecule has 1 saturated heterocycles. The summed E-state index contributed by atoms with van der Waals surface area (Å²) >= 11 is 0. The van der Waals surface area contributed by atoms with Crippen molar-refractivity contribution < 1.29 is 9.90 Å². The van der Waals surface area contributed by atoms with Gasteiger partial charge >= 0.3 is 0 Å². The van der Waals surface area contributed by atoms with Crippen molar-refractivity contribution in [2.75, 3.05) is 32.7 Å². The quantitative estimate of drug-likeness (QED) is 0.295. The first kappa shape index (κ1) is 26.6. The first-order valence-corrected chi connectivity index (χ1v) is 12.0. The van der Waals surface area contributed by atoms with E-state index in [-0.39, 0.29) is 11.9 Å². The normalized spacial score (nSPS) is 21.5. The molecule has 0 unspecified atom stereocenters. The van der Waals surface area contributed by atoms with E-state index in [1.54, 1.807) is 6.08 Å². The van der Waals surface area contributed by atoms with Gasteiger partial charge in [-0.15, -0.1) is 6.58 Å². The molecule has 1 fully saturated rings. The molecule has 0 saturated carbocycles. The number of hydrogen-bond acceptors (Lipinski definition) is 4. The van der Waals surface area contributed by atoms with Crippen LogP contribution in [0.15, 0.2) is 73.1 Å². The SMILES string of the molecule is C=CCN1C[C@@H](C)N([C@H](C(/C=C\C=C\O)=C/C)c2ccc(C(=O)N(CC)CC)cc2)C[C@H]1C. The molecule has 0 aromatic heterocycles. The number of rotatable bonds is 10. The summed E-state index contributed by atoms with van der Waals surface area (Å²) in [5, 5.41) is 9.07. The Kier molecular flexibility index (Phi) is 10.6. The number of carbonyl (C=O) groups is 1. The summed E-state index contributed by atoms with van der Waals surface area (Å²) in [6.07, 6.45) is 10.7. The van der Waals surface area contributed by atoms with Gasteiger partial charge in [0.15, 0.2) is 0 Å². The fraction of sp³-hybridized carbons (Fsp3) is 0.464. The Labute approximate surface area is 200 Å². The molecule has 5 heteroatoms. The van der Waals surface area contributed by atoms with E-state index in [1.807, 2.05) is 43.0 Å². The summed E-state index contributed by atoms with van der Waals surface area (Å²) in [6.45, 7) is 18.7. The van der Waals surface area contributed by atoms with Gasteiger partial charge in [0.25, 0.3) is 5.91 Å². The minimum absolute atomic E-state index is 0.0549. The highest BCUT2D eigenvalue weighted by atomic mass is 16.2. The number of benzene rings is 1. The molecule has 0 radical (unpaired) electrons. The number of aliphatic hydroxyl groups is 1. The number of amides is 1. The predicted molar refractivity (Wildman–Crippen MR) is 139 cm³/mol. The zero-order valence-electron chi connectivity index (χ0n) is 20.9. The van der Waals surface area contributed by atoms with Gasteiger partial charge in [-0.1, -0.05) is 36.4 Å². The van der Waals surface area contributed by atoms with Gasteiger partial charge in [0.05, 0.1) is 12.3 Å². The number of nitrogens with zero attached hydrogens (tertiary/aromatic N) is 3. The lowest BCUT2D eigenvalue weighted by molar-refractivity contribution is 0.0304. The first-order valence-electron chi connectivity index (χ1n) is 12.0. The standard InChI is InChI=1S/C28H41N3O2/c1-7-18-30-20-23(6)31(21-22(30)5)27(24(8-2)13-11-12-19-32)25-14-16-26(17-15-25)28(33)29(9-3)10-4/h7-8,11-17,19,22-23,27,32H,1,9-10,18,20-21H2,2-6H3/b13-11-,19-12+,24-8+/t22-,23-,27-/m1/s1. The van der Waals surface area contributed by atoms with E-state index in [0.717, 1.165) is 42.6 Å². The second-order valence-electron chi connectivity index (χ2n) is 8.63. The second kappa shape index (κ2) is 13.2. The summed E-state index contributed by atoms with van der Waals surface area (Å²) < 4.78 is 0. The molecule has 0 aliphatic carbocycles. The fourth-order valence-corrected chi connectivity index (χ4v) is 4.64. The molecule has 1 heterocycles. The number of carbonyl (C=O) groups excluding carboxylic acids is 1. The molecule has 0 spiro atoms. The van der Waals surface area contributed by atoms with Gasteiger partial charge in [0.2, 0.25) is 0 Å². The van der Waals surface area contributed by atoms with E-state index < -0.39 is 0 Å². The van der Waals surface area contributed by atoms with Crippen molar-refractivity contribution in [1.82, 2.24) is 14.7 Å². The van der Waals surface area contributed by atoms with E-state index >= 15 is 0 Å². The Balaban J connectivity index is 2.43. The molecule has 33 heavy (non-hydrogen) atoms. The Morgan fingerprint density at radius 2 is 1.82 bits per heavy atom. The van der Waals surface area contributed by atoms with E-state index in [9.17, 15) is 4.79 Å². The third kappa shape index (κ3) is 6.68. The topological polar surface area (TPSA) is 47.0 Å². The van der Waals surface area contributed by atoms with Crippen molar-refractivity contribution in [3.05, 3.63) is 84.2 Å². The molecule has 2 rings (SSSR count). The third-order valence-electron chi connectivity index (χ3n) is 6.52. The van der Waals surface area contributed by atoms with Crippen LogP contribution in [-0.2, 0) is 0 Å². The van der Waals surface area contributed by atoms with Gasteiger partial charge in [0.1, 0.15) is 0 Å². The van der Waals surface area contributed by atoms with Crippen LogP contribution in [0.1, 0.15) is 56.6 Å². The summed E-state index contributed by atoms with van der Waals surface area (Å²) in [7, 11) is 0. The van der Waals surface area contributed by atoms with Crippen LogP contribution in [-0.4, -0.2) is 70.5 Å². The highest BCUT2D eigenvalue weighted by molar-refractivity contribution is 5.94. The maximum Gasteiger partial charge on any atom is 0.253 e. The van der Waals surface area contributed by atoms with Crippen LogP contribution in [0.4, 0.5) is 0 Å². The van der Waals surface area contributed by atoms with Crippen molar-refractivity contribution in [3.8, 4) is 0 Å². The van der Waals surface area contributed by atoms with Crippen LogP contribution in [0.2, 0.25) is 0 Å². The van der Waals surface area contributed by atoms with E-state index in [4.69, 9.17) is 5.11 Å². The largest absolute Gasteiger partial charge is 0.516 e. The van der Waals surface area contributed by atoms with Gasteiger partial charge in [-0.25, -0.2) is 0 Å². The molecule has 1 aromatic carbocycles. The zero-order valence-corrected chi connectivity index (χ0v) is 20.9. The van der Waals surface area contributed by atoms with Crippen molar-refractivity contribution in [3.63, 3.8) is 0 Å². The minimum atomic E-state index is 0.0549. The van der Waals surface area contributed by atoms with Crippen LogP contribution in [0, 0.1) is 0 Å². The summed E-state index contributed by atoms with van der Waals surface area (Å²) in [5.41, 5.74) is 3.04. The van der Waals surface area contributed by atoms with Crippen LogP contribution in [0.25, 0.3) is 0 Å². The van der Waals surface area contributed by atoms with Crippen molar-refractivity contribution in [1.29, 1.82) is 0 Å². The number of hydrogen-bond donors (Lipinski definition) is 1. The molecule has 1 aliphatic heterocycles. The van der Waals surface area contributed by atoms with E-state index in [1.165, 1.54) is 0 Å².